The fraction of sp³-hybridized carbons (Fsp3) is 0.333. The van der Waals surface area contributed by atoms with Gasteiger partial charge in [0.25, 0.3) is 11.5 Å². The fourth-order valence-corrected chi connectivity index (χ4v) is 2.27. The molecule has 1 aromatic carbocycles. The Morgan fingerprint density at radius 3 is 2.85 bits per heavy atom. The summed E-state index contributed by atoms with van der Waals surface area (Å²) < 4.78 is 5.14. The summed E-state index contributed by atoms with van der Waals surface area (Å²) in [6, 6.07) is 8.90. The van der Waals surface area contributed by atoms with Crippen molar-refractivity contribution >= 4 is 16.7 Å². The van der Waals surface area contributed by atoms with Crippen LogP contribution in [0.25, 0.3) is 10.8 Å². The Morgan fingerprint density at radius 2 is 2.15 bits per heavy atom. The summed E-state index contributed by atoms with van der Waals surface area (Å²) in [5.74, 6) is -0.263. The highest BCUT2D eigenvalue weighted by Crippen LogP contribution is 2.25. The van der Waals surface area contributed by atoms with Gasteiger partial charge in [-0.25, -0.2) is 0 Å². The van der Waals surface area contributed by atoms with Crippen molar-refractivity contribution in [2.45, 2.75) is 6.92 Å². The molecule has 3 rings (SSSR count). The van der Waals surface area contributed by atoms with Gasteiger partial charge in [0.05, 0.1) is 13.2 Å². The molecule has 1 saturated heterocycles. The van der Waals surface area contributed by atoms with E-state index in [2.05, 4.69) is 17.2 Å². The Labute approximate surface area is 116 Å². The minimum atomic E-state index is -0.263. The Kier molecular flexibility index (Phi) is 3.06. The molecule has 0 saturated carbocycles. The summed E-state index contributed by atoms with van der Waals surface area (Å²) in [7, 11) is 0. The molecule has 2 aromatic rings. The van der Waals surface area contributed by atoms with E-state index in [0.717, 1.165) is 5.39 Å². The molecule has 104 valence electrons. The topological polar surface area (TPSA) is 71.2 Å². The third kappa shape index (κ3) is 2.32. The van der Waals surface area contributed by atoms with E-state index in [4.69, 9.17) is 4.74 Å². The Balaban J connectivity index is 1.82. The lowest BCUT2D eigenvalue weighted by atomic mass is 9.89. The Morgan fingerprint density at radius 1 is 1.40 bits per heavy atom. The number of aromatic amines is 1. The third-order valence-electron chi connectivity index (χ3n) is 3.57. The van der Waals surface area contributed by atoms with Crippen LogP contribution in [-0.4, -0.2) is 30.6 Å². The summed E-state index contributed by atoms with van der Waals surface area (Å²) in [6.07, 6.45) is 0. The smallest absolute Gasteiger partial charge is 0.267 e. The van der Waals surface area contributed by atoms with Crippen LogP contribution in [0.15, 0.2) is 35.1 Å². The summed E-state index contributed by atoms with van der Waals surface area (Å²) in [6.45, 7) is 3.91. The summed E-state index contributed by atoms with van der Waals surface area (Å²) in [4.78, 5) is 26.6. The molecule has 5 heteroatoms. The van der Waals surface area contributed by atoms with Crippen molar-refractivity contribution in [3.8, 4) is 0 Å². The van der Waals surface area contributed by atoms with Gasteiger partial charge >= 0.3 is 0 Å². The predicted octanol–water partition coefficient (Wildman–Crippen LogP) is 1.29. The number of hydrogen-bond acceptors (Lipinski definition) is 3. The van der Waals surface area contributed by atoms with Crippen molar-refractivity contribution in [3.05, 3.63) is 46.4 Å². The zero-order valence-electron chi connectivity index (χ0n) is 11.2. The van der Waals surface area contributed by atoms with E-state index in [1.54, 1.807) is 18.2 Å². The highest BCUT2D eigenvalue weighted by Gasteiger charge is 2.33. The van der Waals surface area contributed by atoms with Crippen LogP contribution in [-0.2, 0) is 4.74 Å². The maximum Gasteiger partial charge on any atom is 0.267 e. The SMILES string of the molecule is CC1(CNC(=O)c2cc3ccccc3c(=O)[nH]2)COC1. The molecule has 0 unspecified atom stereocenters. The van der Waals surface area contributed by atoms with Crippen LogP contribution in [0, 0.1) is 5.41 Å². The van der Waals surface area contributed by atoms with Gasteiger partial charge in [0.1, 0.15) is 5.69 Å². The molecular formula is C15H16N2O3. The second-order valence-electron chi connectivity index (χ2n) is 5.59. The molecule has 2 N–H and O–H groups in total. The number of H-pyrrole nitrogens is 1. The van der Waals surface area contributed by atoms with Gasteiger partial charge in [-0.2, -0.15) is 0 Å². The molecule has 2 heterocycles. The number of hydrogen-bond donors (Lipinski definition) is 2. The molecule has 1 amide bonds. The molecule has 0 bridgehead atoms. The van der Waals surface area contributed by atoms with E-state index >= 15 is 0 Å². The number of fused-ring (bicyclic) bond motifs is 1. The number of amides is 1. The minimum Gasteiger partial charge on any atom is -0.380 e. The third-order valence-corrected chi connectivity index (χ3v) is 3.57. The Bertz CT molecular complexity index is 716. The van der Waals surface area contributed by atoms with Crippen molar-refractivity contribution in [2.24, 2.45) is 5.41 Å². The average molecular weight is 272 g/mol. The van der Waals surface area contributed by atoms with Gasteiger partial charge in [0, 0.05) is 17.3 Å². The standard InChI is InChI=1S/C15H16N2O3/c1-15(8-20-9-15)7-16-14(19)12-6-10-4-2-3-5-11(10)13(18)17-12/h2-6H,7-9H2,1H3,(H,16,19)(H,17,18). The molecule has 0 spiro atoms. The van der Waals surface area contributed by atoms with E-state index in [9.17, 15) is 9.59 Å². The summed E-state index contributed by atoms with van der Waals surface area (Å²) in [5, 5.41) is 4.19. The lowest BCUT2D eigenvalue weighted by Gasteiger charge is -2.37. The average Bonchev–Trinajstić information content (AvgIpc) is 2.42. The van der Waals surface area contributed by atoms with Crippen LogP contribution >= 0.6 is 0 Å². The fourth-order valence-electron chi connectivity index (χ4n) is 2.27. The van der Waals surface area contributed by atoms with Gasteiger partial charge in [0.15, 0.2) is 0 Å². The van der Waals surface area contributed by atoms with E-state index in [-0.39, 0.29) is 22.6 Å². The molecule has 1 aliphatic rings. The molecule has 1 aliphatic heterocycles. The van der Waals surface area contributed by atoms with Crippen molar-refractivity contribution in [1.82, 2.24) is 10.3 Å². The molecule has 1 aromatic heterocycles. The van der Waals surface area contributed by atoms with E-state index in [0.29, 0.717) is 25.1 Å². The van der Waals surface area contributed by atoms with Crippen LogP contribution in [0.1, 0.15) is 17.4 Å². The number of ether oxygens (including phenoxy) is 1. The largest absolute Gasteiger partial charge is 0.380 e. The highest BCUT2D eigenvalue weighted by atomic mass is 16.5. The highest BCUT2D eigenvalue weighted by molar-refractivity contribution is 5.96. The molecule has 1 fully saturated rings. The van der Waals surface area contributed by atoms with Crippen LogP contribution in [0.4, 0.5) is 0 Å². The van der Waals surface area contributed by atoms with Crippen molar-refractivity contribution < 1.29 is 9.53 Å². The molecule has 20 heavy (non-hydrogen) atoms. The van der Waals surface area contributed by atoms with Gasteiger partial charge in [-0.3, -0.25) is 9.59 Å². The van der Waals surface area contributed by atoms with Gasteiger partial charge in [-0.1, -0.05) is 25.1 Å². The number of aromatic nitrogens is 1. The maximum absolute atomic E-state index is 12.1. The first kappa shape index (κ1) is 12.9. The quantitative estimate of drug-likeness (QED) is 0.884. The second-order valence-corrected chi connectivity index (χ2v) is 5.59. The first-order valence-electron chi connectivity index (χ1n) is 6.55. The van der Waals surface area contributed by atoms with Crippen LogP contribution in [0.3, 0.4) is 0 Å². The monoisotopic (exact) mass is 272 g/mol. The van der Waals surface area contributed by atoms with E-state index < -0.39 is 0 Å². The normalized spacial score (nSPS) is 16.6. The zero-order chi connectivity index (χ0) is 14.2. The van der Waals surface area contributed by atoms with Gasteiger partial charge in [-0.15, -0.1) is 0 Å². The molecule has 5 nitrogen and oxygen atoms in total. The zero-order valence-corrected chi connectivity index (χ0v) is 11.2. The number of benzene rings is 1. The second kappa shape index (κ2) is 4.76. The number of carbonyl (C=O) groups is 1. The molecule has 0 radical (unpaired) electrons. The van der Waals surface area contributed by atoms with Crippen molar-refractivity contribution in [1.29, 1.82) is 0 Å². The number of carbonyl (C=O) groups excluding carboxylic acids is 1. The summed E-state index contributed by atoms with van der Waals surface area (Å²) in [5.41, 5.74) is 0.0521. The summed E-state index contributed by atoms with van der Waals surface area (Å²) >= 11 is 0. The first-order chi connectivity index (χ1) is 9.57. The van der Waals surface area contributed by atoms with Crippen LogP contribution in [0.2, 0.25) is 0 Å². The van der Waals surface area contributed by atoms with Gasteiger partial charge < -0.3 is 15.0 Å². The van der Waals surface area contributed by atoms with Crippen molar-refractivity contribution in [3.63, 3.8) is 0 Å². The number of rotatable bonds is 3. The van der Waals surface area contributed by atoms with Gasteiger partial charge in [0.2, 0.25) is 0 Å². The van der Waals surface area contributed by atoms with E-state index in [1.165, 1.54) is 0 Å². The lowest BCUT2D eigenvalue weighted by Crippen LogP contribution is -2.48. The molecule has 0 atom stereocenters. The van der Waals surface area contributed by atoms with Crippen LogP contribution in [0.5, 0.6) is 0 Å². The minimum absolute atomic E-state index is 0.00675. The number of nitrogens with one attached hydrogen (secondary N) is 2. The Hall–Kier alpha value is -2.14. The maximum atomic E-state index is 12.1. The molecule has 0 aliphatic carbocycles. The first-order valence-corrected chi connectivity index (χ1v) is 6.55. The predicted molar refractivity (Wildman–Crippen MR) is 75.8 cm³/mol. The van der Waals surface area contributed by atoms with Gasteiger partial charge in [-0.05, 0) is 17.5 Å². The van der Waals surface area contributed by atoms with E-state index in [1.807, 2.05) is 12.1 Å². The van der Waals surface area contributed by atoms with Crippen molar-refractivity contribution in [2.75, 3.05) is 19.8 Å². The van der Waals surface area contributed by atoms with Crippen LogP contribution < -0.4 is 10.9 Å². The lowest BCUT2D eigenvalue weighted by molar-refractivity contribution is -0.0978. The number of pyridine rings is 1. The molecular weight excluding hydrogens is 256 g/mol.